The minimum atomic E-state index is -1.09. The van der Waals surface area contributed by atoms with Crippen LogP contribution in [0.5, 0.6) is 0 Å². The van der Waals surface area contributed by atoms with Crippen LogP contribution in [0.15, 0.2) is 0 Å². The maximum absolute atomic E-state index is 11.9. The zero-order valence-corrected chi connectivity index (χ0v) is 16.0. The number of aliphatic hydroxyl groups is 2. The Morgan fingerprint density at radius 3 is 2.54 bits per heavy atom. The van der Waals surface area contributed by atoms with Gasteiger partial charge in [0.2, 0.25) is 0 Å². The van der Waals surface area contributed by atoms with Crippen LogP contribution >= 0.6 is 0 Å². The van der Waals surface area contributed by atoms with Gasteiger partial charge in [0.25, 0.3) is 0 Å². The second-order valence-corrected chi connectivity index (χ2v) is 10.7. The maximum Gasteiger partial charge on any atom is 0.167 e. The highest BCUT2D eigenvalue weighted by Crippen LogP contribution is 2.84. The van der Waals surface area contributed by atoms with E-state index in [1.807, 2.05) is 6.92 Å². The molecule has 6 aliphatic rings. The van der Waals surface area contributed by atoms with Gasteiger partial charge in [0.1, 0.15) is 11.2 Å². The summed E-state index contributed by atoms with van der Waals surface area (Å²) in [6.45, 7) is 9.93. The smallest absolute Gasteiger partial charge is 0.167 e. The largest absolute Gasteiger partial charge is 0.390 e. The number of hydrogen-bond acceptors (Lipinski definition) is 6. The molecule has 0 amide bonds. The van der Waals surface area contributed by atoms with E-state index in [0.717, 1.165) is 6.42 Å². The second kappa shape index (κ2) is 4.34. The summed E-state index contributed by atoms with van der Waals surface area (Å²) < 4.78 is 25.2. The van der Waals surface area contributed by atoms with E-state index >= 15 is 0 Å². The first-order valence-electron chi connectivity index (χ1n) is 10.1. The molecule has 4 saturated heterocycles. The van der Waals surface area contributed by atoms with Crippen LogP contribution in [-0.2, 0) is 18.9 Å². The molecule has 0 aromatic rings. The standard InChI is InChI=1S/C20H30O6/c1-10-7-23-14-6-17-13-5-11(16(2,3)4)19(17)12(21)8-24-15(19)26-18(17,9-25-13)20(10,14)22/h10-15,21-22H,5-9H2,1-4H3/t10-,11+,12?,13-,14+,15+,17+,18-,19+,20-/m1/s1. The molecule has 6 rings (SSSR count). The van der Waals surface area contributed by atoms with Gasteiger partial charge in [-0.25, -0.2) is 0 Å². The lowest BCUT2D eigenvalue weighted by molar-refractivity contribution is -0.244. The quantitative estimate of drug-likeness (QED) is 0.668. The molecule has 6 heteroatoms. The molecule has 0 bridgehead atoms. The fourth-order valence-electron chi connectivity index (χ4n) is 8.44. The third-order valence-electron chi connectivity index (χ3n) is 9.20. The van der Waals surface area contributed by atoms with Crippen molar-refractivity contribution in [2.24, 2.45) is 28.1 Å². The van der Waals surface area contributed by atoms with Crippen molar-refractivity contribution in [3.05, 3.63) is 0 Å². The summed E-state index contributed by atoms with van der Waals surface area (Å²) in [5, 5.41) is 23.3. The van der Waals surface area contributed by atoms with Crippen molar-refractivity contribution in [1.82, 2.24) is 0 Å². The van der Waals surface area contributed by atoms with Gasteiger partial charge >= 0.3 is 0 Å². The van der Waals surface area contributed by atoms with Gasteiger partial charge in [0.15, 0.2) is 6.29 Å². The highest BCUT2D eigenvalue weighted by atomic mass is 16.7. The maximum atomic E-state index is 11.9. The Balaban J connectivity index is 1.64. The summed E-state index contributed by atoms with van der Waals surface area (Å²) >= 11 is 0. The third-order valence-corrected chi connectivity index (χ3v) is 9.20. The van der Waals surface area contributed by atoms with Gasteiger partial charge in [-0.1, -0.05) is 27.7 Å². The Bertz CT molecular complexity index is 676. The SMILES string of the molecule is C[C@@H]1CO[C@H]2C[C@@]34[C@H]5C[C@@H](C(C)(C)C)[C@@]36C(O)CO[C@H]6O[C@@]4(CO5)[C@@]12O. The molecule has 146 valence electrons. The minimum absolute atomic E-state index is 0.0262. The van der Waals surface area contributed by atoms with Crippen LogP contribution in [0.4, 0.5) is 0 Å². The number of ether oxygens (including phenoxy) is 4. The Kier molecular flexibility index (Phi) is 2.79. The molecule has 0 aromatic heterocycles. The lowest BCUT2D eigenvalue weighted by Crippen LogP contribution is -2.64. The van der Waals surface area contributed by atoms with Crippen molar-refractivity contribution < 1.29 is 29.2 Å². The fourth-order valence-corrected chi connectivity index (χ4v) is 8.44. The van der Waals surface area contributed by atoms with E-state index in [1.165, 1.54) is 0 Å². The van der Waals surface area contributed by atoms with Crippen LogP contribution in [0.3, 0.4) is 0 Å². The van der Waals surface area contributed by atoms with Gasteiger partial charge in [0, 0.05) is 11.3 Å². The minimum Gasteiger partial charge on any atom is -0.390 e. The monoisotopic (exact) mass is 366 g/mol. The molecule has 2 aliphatic carbocycles. The number of hydrogen-bond donors (Lipinski definition) is 2. The van der Waals surface area contributed by atoms with Crippen molar-refractivity contribution in [1.29, 1.82) is 0 Å². The third kappa shape index (κ3) is 1.26. The van der Waals surface area contributed by atoms with Crippen LogP contribution in [-0.4, -0.2) is 65.8 Å². The van der Waals surface area contributed by atoms with E-state index < -0.39 is 34.4 Å². The molecule has 0 aromatic carbocycles. The van der Waals surface area contributed by atoms with Gasteiger partial charge in [-0.2, -0.15) is 0 Å². The van der Waals surface area contributed by atoms with Gasteiger partial charge in [-0.05, 0) is 24.2 Å². The highest BCUT2D eigenvalue weighted by molar-refractivity contribution is 5.40. The molecule has 26 heavy (non-hydrogen) atoms. The van der Waals surface area contributed by atoms with Crippen LogP contribution in [0, 0.1) is 28.1 Å². The molecular formula is C20H30O6. The van der Waals surface area contributed by atoms with Gasteiger partial charge < -0.3 is 29.2 Å². The summed E-state index contributed by atoms with van der Waals surface area (Å²) in [5.74, 6) is 0.165. The molecule has 0 radical (unpaired) electrons. The van der Waals surface area contributed by atoms with E-state index in [0.29, 0.717) is 26.2 Å². The summed E-state index contributed by atoms with van der Waals surface area (Å²) in [7, 11) is 0. The summed E-state index contributed by atoms with van der Waals surface area (Å²) in [4.78, 5) is 0. The van der Waals surface area contributed by atoms with Gasteiger partial charge in [-0.15, -0.1) is 0 Å². The Morgan fingerprint density at radius 2 is 1.81 bits per heavy atom. The average molecular weight is 366 g/mol. The zero-order chi connectivity index (χ0) is 18.3. The first-order valence-corrected chi connectivity index (χ1v) is 10.1. The van der Waals surface area contributed by atoms with Crippen LogP contribution in [0.25, 0.3) is 0 Å². The first-order chi connectivity index (χ1) is 12.2. The molecular weight excluding hydrogens is 336 g/mol. The lowest BCUT2D eigenvalue weighted by Gasteiger charge is -2.49. The summed E-state index contributed by atoms with van der Waals surface area (Å²) in [6.07, 6.45) is 0.188. The Morgan fingerprint density at radius 1 is 1.04 bits per heavy atom. The van der Waals surface area contributed by atoms with Crippen molar-refractivity contribution >= 4 is 0 Å². The molecule has 2 saturated carbocycles. The zero-order valence-electron chi connectivity index (χ0n) is 16.0. The summed E-state index contributed by atoms with van der Waals surface area (Å²) in [6, 6.07) is 0. The Hall–Kier alpha value is -0.240. The van der Waals surface area contributed by atoms with E-state index in [2.05, 4.69) is 20.8 Å². The topological polar surface area (TPSA) is 77.4 Å². The molecule has 10 atom stereocenters. The molecule has 2 N–H and O–H groups in total. The van der Waals surface area contributed by atoms with Gasteiger partial charge in [-0.3, -0.25) is 0 Å². The lowest BCUT2D eigenvalue weighted by atomic mass is 9.51. The molecule has 6 fully saturated rings. The van der Waals surface area contributed by atoms with Crippen molar-refractivity contribution in [3.63, 3.8) is 0 Å². The van der Waals surface area contributed by atoms with E-state index in [9.17, 15) is 10.2 Å². The molecule has 4 heterocycles. The first kappa shape index (κ1) is 16.7. The number of rotatable bonds is 0. The predicted molar refractivity (Wildman–Crippen MR) is 90.2 cm³/mol. The number of aliphatic hydroxyl groups excluding tert-OH is 1. The van der Waals surface area contributed by atoms with Crippen molar-refractivity contribution in [2.45, 2.75) is 76.3 Å². The Labute approximate surface area is 154 Å². The van der Waals surface area contributed by atoms with Crippen LogP contribution in [0.2, 0.25) is 0 Å². The molecule has 2 spiro atoms. The van der Waals surface area contributed by atoms with Crippen LogP contribution in [0.1, 0.15) is 40.5 Å². The highest BCUT2D eigenvalue weighted by Gasteiger charge is 2.95. The van der Waals surface area contributed by atoms with Crippen molar-refractivity contribution in [2.75, 3.05) is 19.8 Å². The summed E-state index contributed by atoms with van der Waals surface area (Å²) in [5.41, 5.74) is -2.96. The average Bonchev–Trinajstić information content (AvgIpc) is 3.28. The van der Waals surface area contributed by atoms with Gasteiger partial charge in [0.05, 0.1) is 43.5 Å². The van der Waals surface area contributed by atoms with E-state index in [-0.39, 0.29) is 29.5 Å². The fraction of sp³-hybridized carbons (Fsp3) is 1.00. The normalized spacial score (nSPS) is 65.3. The molecule has 6 nitrogen and oxygen atoms in total. The van der Waals surface area contributed by atoms with Crippen LogP contribution < -0.4 is 0 Å². The van der Waals surface area contributed by atoms with E-state index in [1.54, 1.807) is 0 Å². The molecule has 1 unspecified atom stereocenters. The predicted octanol–water partition coefficient (Wildman–Crippen LogP) is 1.08. The molecule has 4 aliphatic heterocycles. The van der Waals surface area contributed by atoms with Crippen molar-refractivity contribution in [3.8, 4) is 0 Å². The number of fused-ring (bicyclic) bond motifs is 1. The van der Waals surface area contributed by atoms with E-state index in [4.69, 9.17) is 18.9 Å². The second-order valence-electron chi connectivity index (χ2n) is 10.7.